The first-order valence-electron chi connectivity index (χ1n) is 10.3. The van der Waals surface area contributed by atoms with Crippen LogP contribution in [0.5, 0.6) is 0 Å². The van der Waals surface area contributed by atoms with Crippen LogP contribution in [-0.2, 0) is 11.2 Å². The van der Waals surface area contributed by atoms with Crippen molar-refractivity contribution in [3.05, 3.63) is 34.9 Å². The van der Waals surface area contributed by atoms with E-state index in [0.29, 0.717) is 37.9 Å². The minimum atomic E-state index is -2.59. The molecule has 2 aliphatic rings. The Bertz CT molecular complexity index is 850. The fraction of sp³-hybridized carbons (Fsp3) is 0.550. The van der Waals surface area contributed by atoms with Crippen molar-refractivity contribution in [1.82, 2.24) is 10.2 Å². The second kappa shape index (κ2) is 6.41. The van der Waals surface area contributed by atoms with Gasteiger partial charge in [-0.1, -0.05) is 6.07 Å². The number of nitrogens with one attached hydrogen (secondary N) is 1. The maximum Gasteiger partial charge on any atom is 0.410 e. The number of fused-ring (bicyclic) bond motifs is 1. The van der Waals surface area contributed by atoms with Crippen molar-refractivity contribution in [3.8, 4) is 0 Å². The minimum absolute atomic E-state index is 0.0418. The average molecular weight is 361 g/mol. The molecule has 0 bridgehead atoms. The molecule has 2 amide bonds. The van der Waals surface area contributed by atoms with Crippen LogP contribution in [0.4, 0.5) is 4.79 Å². The van der Waals surface area contributed by atoms with Gasteiger partial charge in [-0.15, -0.1) is 0 Å². The van der Waals surface area contributed by atoms with Gasteiger partial charge in [0.15, 0.2) is 5.78 Å². The monoisotopic (exact) mass is 361 g/mol. The minimum Gasteiger partial charge on any atom is -0.444 e. The van der Waals surface area contributed by atoms with Gasteiger partial charge in [-0.3, -0.25) is 9.59 Å². The Morgan fingerprint density at radius 2 is 1.96 bits per heavy atom. The molecule has 1 heterocycles. The van der Waals surface area contributed by atoms with Crippen molar-refractivity contribution < 1.29 is 23.2 Å². The van der Waals surface area contributed by atoms with E-state index in [1.807, 2.05) is 26.1 Å². The number of hydrogen-bond acceptors (Lipinski definition) is 4. The molecule has 1 saturated heterocycles. The summed E-state index contributed by atoms with van der Waals surface area (Å²) in [5.41, 5.74) is 0.314. The summed E-state index contributed by atoms with van der Waals surface area (Å²) in [6.07, 6.45) is 1.23. The highest BCUT2D eigenvalue weighted by molar-refractivity contribution is 6.07. The molecule has 0 aromatic heterocycles. The average Bonchev–Trinajstić information content (AvgIpc) is 2.84. The molecule has 0 atom stereocenters. The normalized spacial score (nSPS) is 20.8. The smallest absolute Gasteiger partial charge is 0.410 e. The Balaban J connectivity index is 1.71. The highest BCUT2D eigenvalue weighted by atomic mass is 16.6. The van der Waals surface area contributed by atoms with E-state index in [1.165, 1.54) is 6.07 Å². The van der Waals surface area contributed by atoms with Gasteiger partial charge in [-0.25, -0.2) is 4.79 Å². The zero-order valence-electron chi connectivity index (χ0n) is 18.3. The Morgan fingerprint density at radius 3 is 2.58 bits per heavy atom. The van der Waals surface area contributed by atoms with E-state index < -0.39 is 23.9 Å². The lowest BCUT2D eigenvalue weighted by Crippen LogP contribution is -2.47. The van der Waals surface area contributed by atoms with E-state index in [-0.39, 0.29) is 17.4 Å². The number of nitrogens with zero attached hydrogens (tertiary/aromatic N) is 1. The lowest BCUT2D eigenvalue weighted by Gasteiger charge is -2.38. The summed E-state index contributed by atoms with van der Waals surface area (Å²) in [6, 6.07) is 4.74. The highest BCUT2D eigenvalue weighted by Crippen LogP contribution is 2.44. The molecule has 1 aromatic carbocycles. The summed E-state index contributed by atoms with van der Waals surface area (Å²) >= 11 is 0. The van der Waals surface area contributed by atoms with Crippen LogP contribution in [0.3, 0.4) is 0 Å². The first-order chi connectivity index (χ1) is 13.3. The first kappa shape index (κ1) is 14.8. The van der Waals surface area contributed by atoms with E-state index in [2.05, 4.69) is 0 Å². The molecule has 0 unspecified atom stereocenters. The number of likely N-dealkylation sites (tertiary alicyclic amines) is 1. The summed E-state index contributed by atoms with van der Waals surface area (Å²) in [5.74, 6) is -0.777. The summed E-state index contributed by atoms with van der Waals surface area (Å²) in [5, 5.41) is 1.94. The number of carbonyl (C=O) groups is 3. The molecule has 1 aliphatic carbocycles. The third-order valence-electron chi connectivity index (χ3n) is 5.11. The number of piperidine rings is 1. The lowest BCUT2D eigenvalue weighted by molar-refractivity contribution is 0.0114. The molecule has 140 valence electrons. The maximum atomic E-state index is 13.2. The summed E-state index contributed by atoms with van der Waals surface area (Å²) in [6.45, 7) is 3.71. The number of amides is 2. The molecule has 3 rings (SSSR count). The van der Waals surface area contributed by atoms with Crippen LogP contribution >= 0.6 is 0 Å². The number of ketones is 1. The van der Waals surface area contributed by atoms with Crippen LogP contribution in [-0.4, -0.2) is 48.3 Å². The lowest BCUT2D eigenvalue weighted by atomic mass is 9.75. The Kier molecular flexibility index (Phi) is 3.64. The SMILES string of the molecule is [2H]C([2H])([2H])NC(=O)c1ccc2c(c1)C(=O)C1(CCN(C(=O)OC(C)(C)C)CC1)C2. The summed E-state index contributed by atoms with van der Waals surface area (Å²) in [4.78, 5) is 39.2. The topological polar surface area (TPSA) is 75.7 Å². The summed E-state index contributed by atoms with van der Waals surface area (Å²) < 4.78 is 26.9. The first-order valence-corrected chi connectivity index (χ1v) is 8.78. The van der Waals surface area contributed by atoms with Gasteiger partial charge >= 0.3 is 6.09 Å². The van der Waals surface area contributed by atoms with Gasteiger partial charge in [0.1, 0.15) is 5.60 Å². The largest absolute Gasteiger partial charge is 0.444 e. The second-order valence-corrected chi connectivity index (χ2v) is 8.08. The van der Waals surface area contributed by atoms with E-state index >= 15 is 0 Å². The van der Waals surface area contributed by atoms with Gasteiger partial charge in [-0.2, -0.15) is 0 Å². The van der Waals surface area contributed by atoms with Crippen molar-refractivity contribution in [2.45, 2.75) is 45.6 Å². The standard InChI is InChI=1S/C20H26N2O4/c1-19(2,3)26-18(25)22-9-7-20(8-10-22)12-14-6-5-13(17(24)21-4)11-15(14)16(20)23/h5-6,11H,7-10,12H2,1-4H3,(H,21,24)/i4D3. The molecular formula is C20H26N2O4. The maximum absolute atomic E-state index is 13.2. The van der Waals surface area contributed by atoms with E-state index in [4.69, 9.17) is 8.85 Å². The van der Waals surface area contributed by atoms with Crippen molar-refractivity contribution >= 4 is 17.8 Å². The molecule has 26 heavy (non-hydrogen) atoms. The zero-order chi connectivity index (χ0) is 21.6. The molecule has 1 spiro atoms. The number of carbonyl (C=O) groups excluding carboxylic acids is 3. The summed E-state index contributed by atoms with van der Waals surface area (Å²) in [7, 11) is 0. The Hall–Kier alpha value is -2.37. The predicted octanol–water partition coefficient (Wildman–Crippen LogP) is 2.80. The predicted molar refractivity (Wildman–Crippen MR) is 97.3 cm³/mol. The van der Waals surface area contributed by atoms with Gasteiger partial charge < -0.3 is 15.0 Å². The third kappa shape index (κ3) is 3.32. The van der Waals surface area contributed by atoms with Crippen LogP contribution in [0, 0.1) is 5.41 Å². The molecule has 1 N–H and O–H groups in total. The zero-order valence-corrected chi connectivity index (χ0v) is 15.3. The van der Waals surface area contributed by atoms with Crippen LogP contribution in [0.25, 0.3) is 0 Å². The van der Waals surface area contributed by atoms with Gasteiger partial charge in [0, 0.05) is 40.7 Å². The molecule has 1 aliphatic heterocycles. The number of benzene rings is 1. The quantitative estimate of drug-likeness (QED) is 0.834. The van der Waals surface area contributed by atoms with Crippen molar-refractivity contribution in [2.75, 3.05) is 20.1 Å². The molecule has 0 saturated carbocycles. The van der Waals surface area contributed by atoms with Gasteiger partial charge in [0.05, 0.1) is 0 Å². The second-order valence-electron chi connectivity index (χ2n) is 8.08. The third-order valence-corrected chi connectivity index (χ3v) is 5.11. The van der Waals surface area contributed by atoms with Crippen molar-refractivity contribution in [1.29, 1.82) is 0 Å². The number of ether oxygens (including phenoxy) is 1. The fourth-order valence-corrected chi connectivity index (χ4v) is 3.73. The number of Topliss-reactive ketones (excluding diaryl/α,β-unsaturated/α-hetero) is 1. The Morgan fingerprint density at radius 1 is 1.27 bits per heavy atom. The van der Waals surface area contributed by atoms with Crippen LogP contribution in [0.2, 0.25) is 0 Å². The van der Waals surface area contributed by atoms with Gasteiger partial charge in [0.25, 0.3) is 5.91 Å². The molecule has 6 nitrogen and oxygen atoms in total. The van der Waals surface area contributed by atoms with Crippen molar-refractivity contribution in [3.63, 3.8) is 0 Å². The van der Waals surface area contributed by atoms with E-state index in [9.17, 15) is 14.4 Å². The molecule has 1 aromatic rings. The molecule has 6 heteroatoms. The molecule has 1 fully saturated rings. The van der Waals surface area contributed by atoms with Gasteiger partial charge in [-0.05, 0) is 57.7 Å². The Labute approximate surface area is 158 Å². The number of hydrogen-bond donors (Lipinski definition) is 1. The van der Waals surface area contributed by atoms with Crippen LogP contribution < -0.4 is 5.32 Å². The molecule has 0 radical (unpaired) electrons. The van der Waals surface area contributed by atoms with Crippen LogP contribution in [0.15, 0.2) is 18.2 Å². The molecular weight excluding hydrogens is 332 g/mol. The highest BCUT2D eigenvalue weighted by Gasteiger charge is 2.48. The van der Waals surface area contributed by atoms with Crippen molar-refractivity contribution in [2.24, 2.45) is 5.41 Å². The van der Waals surface area contributed by atoms with E-state index in [0.717, 1.165) is 5.56 Å². The van der Waals surface area contributed by atoms with Gasteiger partial charge in [0.2, 0.25) is 0 Å². The number of rotatable bonds is 1. The van der Waals surface area contributed by atoms with E-state index in [1.54, 1.807) is 17.0 Å². The van der Waals surface area contributed by atoms with Crippen LogP contribution in [0.1, 0.15) is 64.0 Å². The fourth-order valence-electron chi connectivity index (χ4n) is 3.73.